The van der Waals surface area contributed by atoms with E-state index in [0.29, 0.717) is 23.8 Å². The molecule has 6 heteroatoms. The smallest absolute Gasteiger partial charge is 0.161 e. The number of carbonyl (C=O) groups is 2. The standard InChI is InChI=1S/C22H34N4O2/c1-17(2)21(28)16-25-12-10-24(11-13-25)8-6-19-7-9-26(15-19)22-5-4-20(14-23-22)18(3)27/h4-5,14,17,19H,6-13,15-16H2,1-3H3. The molecule has 1 aromatic rings. The van der Waals surface area contributed by atoms with Crippen molar-refractivity contribution in [2.24, 2.45) is 11.8 Å². The Kier molecular flexibility index (Phi) is 7.18. The lowest BCUT2D eigenvalue weighted by Gasteiger charge is -2.35. The zero-order valence-corrected chi connectivity index (χ0v) is 17.6. The maximum atomic E-state index is 11.9. The van der Waals surface area contributed by atoms with Crippen molar-refractivity contribution in [2.45, 2.75) is 33.6 Å². The average molecular weight is 387 g/mol. The minimum Gasteiger partial charge on any atom is -0.356 e. The quantitative estimate of drug-likeness (QED) is 0.639. The van der Waals surface area contributed by atoms with Crippen LogP contribution >= 0.6 is 0 Å². The van der Waals surface area contributed by atoms with Crippen LogP contribution in [0.3, 0.4) is 0 Å². The summed E-state index contributed by atoms with van der Waals surface area (Å²) in [7, 11) is 0. The Morgan fingerprint density at radius 3 is 2.43 bits per heavy atom. The average Bonchev–Trinajstić information content (AvgIpc) is 3.16. The van der Waals surface area contributed by atoms with Crippen LogP contribution < -0.4 is 4.90 Å². The second kappa shape index (κ2) is 9.61. The first-order chi connectivity index (χ1) is 13.4. The summed E-state index contributed by atoms with van der Waals surface area (Å²) in [5.41, 5.74) is 0.675. The molecule has 0 spiro atoms. The minimum absolute atomic E-state index is 0.0621. The van der Waals surface area contributed by atoms with Crippen LogP contribution in [0.2, 0.25) is 0 Å². The predicted molar refractivity (Wildman–Crippen MR) is 112 cm³/mol. The number of anilines is 1. The van der Waals surface area contributed by atoms with E-state index in [1.165, 1.54) is 12.8 Å². The number of Topliss-reactive ketones (excluding diaryl/α,β-unsaturated/α-hetero) is 2. The van der Waals surface area contributed by atoms with Crippen molar-refractivity contribution in [1.82, 2.24) is 14.8 Å². The van der Waals surface area contributed by atoms with Crippen molar-refractivity contribution in [3.63, 3.8) is 0 Å². The van der Waals surface area contributed by atoms with Gasteiger partial charge in [-0.25, -0.2) is 4.98 Å². The normalized spacial score (nSPS) is 21.4. The maximum absolute atomic E-state index is 11.9. The summed E-state index contributed by atoms with van der Waals surface area (Å²) in [5.74, 6) is 2.23. The van der Waals surface area contributed by atoms with Gasteiger partial charge in [0.15, 0.2) is 5.78 Å². The SMILES string of the molecule is CC(=O)c1ccc(N2CCC(CCN3CCN(CC(=O)C(C)C)CC3)C2)nc1. The van der Waals surface area contributed by atoms with Gasteiger partial charge < -0.3 is 9.80 Å². The van der Waals surface area contributed by atoms with Gasteiger partial charge in [0, 0.05) is 56.9 Å². The lowest BCUT2D eigenvalue weighted by Crippen LogP contribution is -2.48. The van der Waals surface area contributed by atoms with E-state index in [0.717, 1.165) is 51.6 Å². The molecule has 28 heavy (non-hydrogen) atoms. The Morgan fingerprint density at radius 2 is 1.82 bits per heavy atom. The first-order valence-electron chi connectivity index (χ1n) is 10.6. The number of ketones is 2. The molecule has 1 aromatic heterocycles. The number of rotatable bonds is 8. The van der Waals surface area contributed by atoms with Gasteiger partial charge >= 0.3 is 0 Å². The summed E-state index contributed by atoms with van der Waals surface area (Å²) in [5, 5.41) is 0. The van der Waals surface area contributed by atoms with Crippen LogP contribution in [0.1, 0.15) is 44.0 Å². The molecule has 2 aliphatic rings. The summed E-state index contributed by atoms with van der Waals surface area (Å²) in [6.07, 6.45) is 4.11. The van der Waals surface area contributed by atoms with Gasteiger partial charge in [0.25, 0.3) is 0 Å². The summed E-state index contributed by atoms with van der Waals surface area (Å²) in [4.78, 5) is 34.9. The van der Waals surface area contributed by atoms with Crippen LogP contribution in [-0.2, 0) is 4.79 Å². The predicted octanol–water partition coefficient (Wildman–Crippen LogP) is 2.34. The number of pyridine rings is 1. The topological polar surface area (TPSA) is 56.8 Å². The third kappa shape index (κ3) is 5.61. The third-order valence-corrected chi connectivity index (χ3v) is 6.11. The fourth-order valence-corrected chi connectivity index (χ4v) is 4.00. The van der Waals surface area contributed by atoms with Crippen LogP contribution in [0.15, 0.2) is 18.3 Å². The summed E-state index contributed by atoms with van der Waals surface area (Å²) < 4.78 is 0. The number of aromatic nitrogens is 1. The van der Waals surface area contributed by atoms with Gasteiger partial charge in [-0.05, 0) is 44.4 Å². The Hall–Kier alpha value is -1.79. The molecule has 0 aliphatic carbocycles. The lowest BCUT2D eigenvalue weighted by atomic mass is 10.0. The highest BCUT2D eigenvalue weighted by atomic mass is 16.1. The van der Waals surface area contributed by atoms with Crippen molar-refractivity contribution in [1.29, 1.82) is 0 Å². The summed E-state index contributed by atoms with van der Waals surface area (Å²) >= 11 is 0. The zero-order chi connectivity index (χ0) is 20.1. The molecule has 0 N–H and O–H groups in total. The second-order valence-electron chi connectivity index (χ2n) is 8.59. The number of piperazine rings is 1. The first kappa shape index (κ1) is 20.9. The largest absolute Gasteiger partial charge is 0.356 e. The van der Waals surface area contributed by atoms with Gasteiger partial charge in [-0.3, -0.25) is 14.5 Å². The lowest BCUT2D eigenvalue weighted by molar-refractivity contribution is -0.123. The van der Waals surface area contributed by atoms with E-state index >= 15 is 0 Å². The maximum Gasteiger partial charge on any atom is 0.161 e. The van der Waals surface area contributed by atoms with Gasteiger partial charge in [-0.15, -0.1) is 0 Å². The first-order valence-corrected chi connectivity index (χ1v) is 10.6. The Morgan fingerprint density at radius 1 is 1.11 bits per heavy atom. The van der Waals surface area contributed by atoms with Crippen molar-refractivity contribution in [3.05, 3.63) is 23.9 Å². The van der Waals surface area contributed by atoms with Crippen LogP contribution in [-0.4, -0.2) is 78.7 Å². The second-order valence-corrected chi connectivity index (χ2v) is 8.59. The van der Waals surface area contributed by atoms with E-state index in [1.54, 1.807) is 13.1 Å². The van der Waals surface area contributed by atoms with Crippen molar-refractivity contribution < 1.29 is 9.59 Å². The van der Waals surface area contributed by atoms with E-state index in [1.807, 2.05) is 26.0 Å². The van der Waals surface area contributed by atoms with Gasteiger partial charge in [0.2, 0.25) is 0 Å². The molecule has 2 aliphatic heterocycles. The third-order valence-electron chi connectivity index (χ3n) is 6.11. The molecule has 154 valence electrons. The molecule has 2 fully saturated rings. The Labute approximate surface area is 168 Å². The number of nitrogens with zero attached hydrogens (tertiary/aromatic N) is 4. The molecule has 3 rings (SSSR count). The molecule has 0 bridgehead atoms. The number of hydrogen-bond donors (Lipinski definition) is 0. The highest BCUT2D eigenvalue weighted by molar-refractivity contribution is 5.93. The Bertz CT molecular complexity index is 666. The van der Waals surface area contributed by atoms with Gasteiger partial charge in [0.1, 0.15) is 11.6 Å². The summed E-state index contributed by atoms with van der Waals surface area (Å²) in [6.45, 7) is 13.5. The van der Waals surface area contributed by atoms with Crippen molar-refractivity contribution in [3.8, 4) is 0 Å². The van der Waals surface area contributed by atoms with Crippen LogP contribution in [0.5, 0.6) is 0 Å². The number of carbonyl (C=O) groups excluding carboxylic acids is 2. The molecular weight excluding hydrogens is 352 g/mol. The fraction of sp³-hybridized carbons (Fsp3) is 0.682. The van der Waals surface area contributed by atoms with Crippen molar-refractivity contribution in [2.75, 3.05) is 57.3 Å². The molecule has 1 unspecified atom stereocenters. The Balaban J connectivity index is 1.37. The molecule has 0 aromatic carbocycles. The fourth-order valence-electron chi connectivity index (χ4n) is 4.00. The van der Waals surface area contributed by atoms with E-state index in [4.69, 9.17) is 0 Å². The zero-order valence-electron chi connectivity index (χ0n) is 17.6. The van der Waals surface area contributed by atoms with Gasteiger partial charge in [-0.1, -0.05) is 13.8 Å². The molecule has 0 radical (unpaired) electrons. The molecule has 3 heterocycles. The van der Waals surface area contributed by atoms with E-state index < -0.39 is 0 Å². The van der Waals surface area contributed by atoms with Crippen LogP contribution in [0, 0.1) is 11.8 Å². The van der Waals surface area contributed by atoms with Gasteiger partial charge in [-0.2, -0.15) is 0 Å². The summed E-state index contributed by atoms with van der Waals surface area (Å²) in [6, 6.07) is 3.85. The van der Waals surface area contributed by atoms with Crippen LogP contribution in [0.4, 0.5) is 5.82 Å². The van der Waals surface area contributed by atoms with E-state index in [2.05, 4.69) is 19.7 Å². The van der Waals surface area contributed by atoms with Crippen molar-refractivity contribution >= 4 is 17.4 Å². The molecule has 0 amide bonds. The highest BCUT2D eigenvalue weighted by Crippen LogP contribution is 2.25. The molecule has 0 saturated carbocycles. The highest BCUT2D eigenvalue weighted by Gasteiger charge is 2.25. The number of hydrogen-bond acceptors (Lipinski definition) is 6. The molecule has 1 atom stereocenters. The van der Waals surface area contributed by atoms with Gasteiger partial charge in [0.05, 0.1) is 6.54 Å². The molecular formula is C22H34N4O2. The van der Waals surface area contributed by atoms with Crippen LogP contribution in [0.25, 0.3) is 0 Å². The molecule has 2 saturated heterocycles. The minimum atomic E-state index is 0.0621. The molecule has 6 nitrogen and oxygen atoms in total. The van der Waals surface area contributed by atoms with E-state index in [9.17, 15) is 9.59 Å². The van der Waals surface area contributed by atoms with E-state index in [-0.39, 0.29) is 11.7 Å². The monoisotopic (exact) mass is 386 g/mol.